The Hall–Kier alpha value is -7.78. The third kappa shape index (κ3) is 10.1. The molecule has 0 radical (unpaired) electrons. The van der Waals surface area contributed by atoms with E-state index in [0.717, 1.165) is 20.5 Å². The van der Waals surface area contributed by atoms with Gasteiger partial charge in [0.15, 0.2) is 11.5 Å². The highest BCUT2D eigenvalue weighted by Gasteiger charge is 2.20. The number of anilines is 2. The summed E-state index contributed by atoms with van der Waals surface area (Å²) in [5.74, 6) is -1.04. The number of halogens is 4. The van der Waals surface area contributed by atoms with Crippen LogP contribution in [0.3, 0.4) is 0 Å². The van der Waals surface area contributed by atoms with Gasteiger partial charge < -0.3 is 20.9 Å². The van der Waals surface area contributed by atoms with Gasteiger partial charge in [-0.05, 0) is 35.4 Å². The van der Waals surface area contributed by atoms with E-state index in [1.807, 2.05) is 84.5 Å². The van der Waals surface area contributed by atoms with E-state index in [2.05, 4.69) is 30.6 Å². The summed E-state index contributed by atoms with van der Waals surface area (Å²) in [6.45, 7) is 3.78. The lowest BCUT2D eigenvalue weighted by molar-refractivity contribution is 0.452. The van der Waals surface area contributed by atoms with Crippen LogP contribution >= 0.6 is 46.4 Å². The minimum atomic E-state index is -0.822. The van der Waals surface area contributed by atoms with Crippen LogP contribution in [0.1, 0.15) is 47.9 Å². The zero-order chi connectivity index (χ0) is 47.4. The molecule has 0 aliphatic heterocycles. The van der Waals surface area contributed by atoms with Gasteiger partial charge in [-0.1, -0.05) is 121 Å². The number of nitrogens with one attached hydrogen (secondary N) is 4. The van der Waals surface area contributed by atoms with Crippen LogP contribution in [0.25, 0.3) is 11.4 Å². The first kappa shape index (κ1) is 46.2. The minimum absolute atomic E-state index is 0.0293. The molecule has 0 bridgehead atoms. The fourth-order valence-electron chi connectivity index (χ4n) is 6.31. The quantitative estimate of drug-likeness (QED) is 0.0962. The Balaban J connectivity index is 0.000000196. The first-order chi connectivity index (χ1) is 31.5. The van der Waals surface area contributed by atoms with Crippen molar-refractivity contribution in [3.63, 3.8) is 0 Å². The highest BCUT2D eigenvalue weighted by molar-refractivity contribution is 6.38. The number of nitrogen functional groups attached to an aromatic ring is 2. The average molecular weight is 975 g/mol. The van der Waals surface area contributed by atoms with Crippen molar-refractivity contribution >= 4 is 58.0 Å². The van der Waals surface area contributed by atoms with Gasteiger partial charge in [-0.25, -0.2) is 19.8 Å². The summed E-state index contributed by atoms with van der Waals surface area (Å²) in [7, 11) is 0. The van der Waals surface area contributed by atoms with Gasteiger partial charge in [0.25, 0.3) is 22.2 Å². The second-order valence-corrected chi connectivity index (χ2v) is 15.7. The predicted octanol–water partition coefficient (Wildman–Crippen LogP) is 5.67. The van der Waals surface area contributed by atoms with Gasteiger partial charge in [0.1, 0.15) is 0 Å². The monoisotopic (exact) mass is 972 g/mol. The molecule has 24 heteroatoms. The van der Waals surface area contributed by atoms with E-state index in [1.54, 1.807) is 0 Å². The van der Waals surface area contributed by atoms with Crippen LogP contribution < -0.4 is 54.6 Å². The Kier molecular flexibility index (Phi) is 13.7. The molecule has 4 heterocycles. The van der Waals surface area contributed by atoms with Crippen molar-refractivity contribution in [1.29, 1.82) is 0 Å². The molecule has 0 aliphatic rings. The van der Waals surface area contributed by atoms with Crippen LogP contribution in [0.15, 0.2) is 126 Å². The van der Waals surface area contributed by atoms with Gasteiger partial charge >= 0.3 is 11.4 Å². The number of rotatable bonds is 10. The van der Waals surface area contributed by atoms with Crippen LogP contribution in [0.4, 0.5) is 11.6 Å². The molecular weight excluding hydrogens is 942 g/mol. The summed E-state index contributed by atoms with van der Waals surface area (Å²) in [5.41, 5.74) is 10.1. The Morgan fingerprint density at radius 3 is 1.18 bits per heavy atom. The van der Waals surface area contributed by atoms with E-state index >= 15 is 0 Å². The molecule has 8 rings (SSSR count). The molecule has 0 saturated carbocycles. The Morgan fingerprint density at radius 1 is 0.515 bits per heavy atom. The van der Waals surface area contributed by atoms with Crippen LogP contribution in [-0.4, -0.2) is 49.9 Å². The Bertz CT molecular complexity index is 3210. The van der Waals surface area contributed by atoms with Crippen LogP contribution in [-0.2, 0) is 0 Å². The summed E-state index contributed by atoms with van der Waals surface area (Å²) in [6, 6.07) is 27.4. The maximum atomic E-state index is 12.4. The van der Waals surface area contributed by atoms with Crippen molar-refractivity contribution in [3.8, 4) is 34.6 Å². The Morgan fingerprint density at radius 2 is 0.848 bits per heavy atom. The number of nitrogens with two attached hydrogens (primary N) is 2. The zero-order valence-electron chi connectivity index (χ0n) is 34.0. The number of ether oxygens (including phenoxy) is 2. The molecule has 0 fully saturated rings. The highest BCUT2D eigenvalue weighted by Crippen LogP contribution is 2.39. The molecule has 2 atom stereocenters. The average Bonchev–Trinajstić information content (AvgIpc) is 3.29. The molecule has 4 aromatic heterocycles. The van der Waals surface area contributed by atoms with E-state index in [1.165, 1.54) is 36.4 Å². The van der Waals surface area contributed by atoms with E-state index < -0.39 is 34.1 Å². The Labute approximate surface area is 389 Å². The topological polar surface area (TPSA) is 298 Å². The van der Waals surface area contributed by atoms with E-state index in [-0.39, 0.29) is 77.7 Å². The van der Waals surface area contributed by atoms with Crippen molar-refractivity contribution in [2.24, 2.45) is 0 Å². The second kappa shape index (κ2) is 19.5. The summed E-state index contributed by atoms with van der Waals surface area (Å²) in [4.78, 5) is 75.8. The van der Waals surface area contributed by atoms with Gasteiger partial charge in [-0.2, -0.15) is 9.36 Å². The summed E-state index contributed by atoms with van der Waals surface area (Å²) in [6.07, 6.45) is 0. The van der Waals surface area contributed by atoms with Crippen molar-refractivity contribution in [2.75, 3.05) is 11.5 Å². The lowest BCUT2D eigenvalue weighted by atomic mass is 9.95. The molecular formula is C42H32Cl4N12O8. The standard InChI is InChI=1S/2C21H16Cl2N6O4/c2*1-10(11-5-3-2-4-6-11)13-9-16(26-27-19(13)30)33-17-14(22)7-12(8-15(17)23)29-21(32)25-20(31)18(24)28-29/h2*2-10H,1H3,(H2,24,28)(H,27,30)(H,25,31,32)/t2*10-/m10/s1. The summed E-state index contributed by atoms with van der Waals surface area (Å²) in [5, 5.41) is 20.2. The molecule has 66 heavy (non-hydrogen) atoms. The summed E-state index contributed by atoms with van der Waals surface area (Å²) < 4.78 is 13.2. The van der Waals surface area contributed by atoms with E-state index in [9.17, 15) is 28.8 Å². The lowest BCUT2D eigenvalue weighted by Crippen LogP contribution is -2.33. The zero-order valence-corrected chi connectivity index (χ0v) is 37.0. The number of nitrogens with zero attached hydrogens (tertiary/aromatic N) is 6. The van der Waals surface area contributed by atoms with Gasteiger partial charge in [0.2, 0.25) is 23.4 Å². The van der Waals surface area contributed by atoms with Crippen molar-refractivity contribution < 1.29 is 9.47 Å². The van der Waals surface area contributed by atoms with E-state index in [0.29, 0.717) is 11.1 Å². The van der Waals surface area contributed by atoms with Gasteiger partial charge in [-0.3, -0.25) is 29.1 Å². The number of aromatic amines is 4. The minimum Gasteiger partial charge on any atom is -0.434 e. The molecule has 20 nitrogen and oxygen atoms in total. The predicted molar refractivity (Wildman–Crippen MR) is 248 cm³/mol. The van der Waals surface area contributed by atoms with Gasteiger partial charge in [-0.15, -0.1) is 20.4 Å². The highest BCUT2D eigenvalue weighted by atomic mass is 35.5. The van der Waals surface area contributed by atoms with E-state index in [4.69, 9.17) is 67.3 Å². The summed E-state index contributed by atoms with van der Waals surface area (Å²) >= 11 is 25.3. The lowest BCUT2D eigenvalue weighted by Gasteiger charge is -2.14. The molecule has 0 spiro atoms. The number of hydrogen-bond donors (Lipinski definition) is 6. The first-order valence-electron chi connectivity index (χ1n) is 19.1. The molecule has 336 valence electrons. The fourth-order valence-corrected chi connectivity index (χ4v) is 7.42. The smallest absolute Gasteiger partial charge is 0.349 e. The molecule has 4 aromatic carbocycles. The SMILES string of the molecule is C[C@@H](c1ccccc1)c1cc(Oc2c(Cl)cc(-n3nc(N)c(=O)[nH]c3=O)cc2Cl)n[nH]c1=O.C[C@H](c1ccccc1)c1cc(Oc2c(Cl)cc(-n3nc(N)c(=O)[nH]c3=O)cc2Cl)n[nH]c1=O. The van der Waals surface area contributed by atoms with Crippen LogP contribution in [0.5, 0.6) is 23.3 Å². The fraction of sp³-hybridized carbons (Fsp3) is 0.0952. The van der Waals surface area contributed by atoms with Crippen molar-refractivity contribution in [3.05, 3.63) is 202 Å². The molecule has 0 aliphatic carbocycles. The maximum absolute atomic E-state index is 12.4. The number of H-pyrrole nitrogens is 4. The third-order valence-electron chi connectivity index (χ3n) is 9.72. The van der Waals surface area contributed by atoms with Gasteiger partial charge in [0.05, 0.1) is 31.5 Å². The third-order valence-corrected chi connectivity index (χ3v) is 10.8. The first-order valence-corrected chi connectivity index (χ1v) is 20.6. The van der Waals surface area contributed by atoms with Crippen molar-refractivity contribution in [2.45, 2.75) is 25.7 Å². The molecule has 8 N–H and O–H groups in total. The number of aromatic nitrogens is 10. The molecule has 8 aromatic rings. The second-order valence-electron chi connectivity index (χ2n) is 14.0. The molecule has 0 saturated heterocycles. The van der Waals surface area contributed by atoms with Crippen LogP contribution in [0.2, 0.25) is 20.1 Å². The normalized spacial score (nSPS) is 11.8. The van der Waals surface area contributed by atoms with Gasteiger partial charge in [0, 0.05) is 35.1 Å². The van der Waals surface area contributed by atoms with Crippen LogP contribution in [0, 0.1) is 0 Å². The molecule has 0 unspecified atom stereocenters. The largest absolute Gasteiger partial charge is 0.434 e. The maximum Gasteiger partial charge on any atom is 0.349 e. The molecule has 0 amide bonds. The number of benzene rings is 4. The van der Waals surface area contributed by atoms with Crippen molar-refractivity contribution in [1.82, 2.24) is 49.9 Å². The number of hydrogen-bond acceptors (Lipinski definition) is 14.